The van der Waals surface area contributed by atoms with Gasteiger partial charge in [-0.3, -0.25) is 9.36 Å². The summed E-state index contributed by atoms with van der Waals surface area (Å²) in [5.74, 6) is -0.368. The number of phosphoric acid groups is 1. The molecule has 0 bridgehead atoms. The fourth-order valence-electron chi connectivity index (χ4n) is 5.79. The first-order valence-electron chi connectivity index (χ1n) is 21.8. The van der Waals surface area contributed by atoms with Crippen LogP contribution in [0.15, 0.2) is 36.6 Å². The zero-order chi connectivity index (χ0) is 39.1. The normalized spacial score (nSPS) is 14.1. The number of carbonyl (C=O) groups is 1. The second kappa shape index (κ2) is 37.5. The van der Waals surface area contributed by atoms with Gasteiger partial charge in [-0.05, 0) is 76.7 Å². The maximum Gasteiger partial charge on any atom is 0.306 e. The summed E-state index contributed by atoms with van der Waals surface area (Å²) in [4.78, 5) is 25.0. The number of allylic oxidation sites excluding steroid dienone is 5. The Morgan fingerprint density at radius 1 is 0.585 bits per heavy atom. The highest BCUT2D eigenvalue weighted by molar-refractivity contribution is 7.45. The Bertz CT molecular complexity index is 947. The minimum atomic E-state index is -4.54. The molecule has 0 radical (unpaired) electrons. The van der Waals surface area contributed by atoms with E-state index in [4.69, 9.17) is 18.5 Å². The van der Waals surface area contributed by atoms with Gasteiger partial charge in [0.15, 0.2) is 6.10 Å². The number of phosphoric ester groups is 1. The molecule has 0 aliphatic heterocycles. The Kier molecular flexibility index (Phi) is 36.5. The number of esters is 1. The number of unbranched alkanes of at least 4 members (excludes halogenated alkanes) is 22. The number of hydrogen-bond acceptors (Lipinski definition) is 7. The summed E-state index contributed by atoms with van der Waals surface area (Å²) in [6.45, 7) is 4.71. The fourth-order valence-corrected chi connectivity index (χ4v) is 6.52. The van der Waals surface area contributed by atoms with E-state index in [9.17, 15) is 14.3 Å². The van der Waals surface area contributed by atoms with Crippen LogP contribution >= 0.6 is 7.82 Å². The van der Waals surface area contributed by atoms with Gasteiger partial charge in [-0.15, -0.1) is 0 Å². The Hall–Kier alpha value is -1.44. The van der Waals surface area contributed by atoms with Gasteiger partial charge in [-0.1, -0.05) is 134 Å². The van der Waals surface area contributed by atoms with Crippen molar-refractivity contribution in [2.24, 2.45) is 0 Å². The third-order valence-corrected chi connectivity index (χ3v) is 10.2. The van der Waals surface area contributed by atoms with E-state index in [1.54, 1.807) is 6.26 Å². The van der Waals surface area contributed by atoms with Gasteiger partial charge in [-0.2, -0.15) is 0 Å². The van der Waals surface area contributed by atoms with Crippen molar-refractivity contribution in [3.05, 3.63) is 36.6 Å². The lowest BCUT2D eigenvalue weighted by atomic mass is 10.1. The van der Waals surface area contributed by atoms with Crippen molar-refractivity contribution in [2.45, 2.75) is 193 Å². The maximum atomic E-state index is 12.6. The second-order valence-corrected chi connectivity index (χ2v) is 17.2. The summed E-state index contributed by atoms with van der Waals surface area (Å²) >= 11 is 0. The highest BCUT2D eigenvalue weighted by Crippen LogP contribution is 2.38. The van der Waals surface area contributed by atoms with Crippen molar-refractivity contribution in [1.82, 2.24) is 0 Å². The molecule has 8 nitrogen and oxygen atoms in total. The number of nitrogens with zero attached hydrogens (tertiary/aromatic N) is 1. The smallest absolute Gasteiger partial charge is 0.306 e. The molecule has 0 spiro atoms. The van der Waals surface area contributed by atoms with Crippen LogP contribution in [0, 0.1) is 0 Å². The number of ether oxygens (including phenoxy) is 2. The number of rotatable bonds is 40. The van der Waals surface area contributed by atoms with Crippen LogP contribution < -0.4 is 4.89 Å². The average molecular weight is 770 g/mol. The van der Waals surface area contributed by atoms with E-state index in [0.29, 0.717) is 11.0 Å². The minimum Gasteiger partial charge on any atom is -0.756 e. The van der Waals surface area contributed by atoms with Crippen molar-refractivity contribution >= 4 is 13.8 Å². The maximum absolute atomic E-state index is 12.6. The van der Waals surface area contributed by atoms with E-state index < -0.39 is 13.9 Å². The predicted molar refractivity (Wildman–Crippen MR) is 222 cm³/mol. The van der Waals surface area contributed by atoms with Crippen LogP contribution in [0.3, 0.4) is 0 Å². The van der Waals surface area contributed by atoms with Crippen molar-refractivity contribution in [3.63, 3.8) is 0 Å². The van der Waals surface area contributed by atoms with Gasteiger partial charge >= 0.3 is 5.97 Å². The molecule has 9 heteroatoms. The Labute approximate surface area is 327 Å². The molecule has 0 rings (SSSR count). The van der Waals surface area contributed by atoms with Gasteiger partial charge in [0.25, 0.3) is 7.82 Å². The molecule has 0 aromatic heterocycles. The molecule has 312 valence electrons. The molecule has 0 saturated carbocycles. The van der Waals surface area contributed by atoms with Crippen LogP contribution in [0.4, 0.5) is 0 Å². The molecular weight excluding hydrogens is 685 g/mol. The number of quaternary nitrogens is 1. The molecule has 53 heavy (non-hydrogen) atoms. The molecular formula is C44H84NO7P. The van der Waals surface area contributed by atoms with Gasteiger partial charge in [0, 0.05) is 6.42 Å². The topological polar surface area (TPSA) is 94.1 Å². The predicted octanol–water partition coefficient (Wildman–Crippen LogP) is 12.3. The van der Waals surface area contributed by atoms with Crippen LogP contribution in [0.5, 0.6) is 0 Å². The summed E-state index contributed by atoms with van der Waals surface area (Å²) < 4.78 is 34.3. The molecule has 0 aliphatic carbocycles. The number of carbonyl (C=O) groups excluding carboxylic acids is 1. The van der Waals surface area contributed by atoms with Crippen LogP contribution in [0.1, 0.15) is 187 Å². The van der Waals surface area contributed by atoms with E-state index in [1.807, 2.05) is 27.2 Å². The van der Waals surface area contributed by atoms with E-state index in [-0.39, 0.29) is 32.2 Å². The molecule has 0 heterocycles. The minimum absolute atomic E-state index is 0.0125. The molecule has 0 saturated heterocycles. The Morgan fingerprint density at radius 3 is 1.45 bits per heavy atom. The SMILES string of the molecule is CCCCCCCC/C=C\CCCCCC/C=C\OC[C@H](COP(=O)([O-])OCC[N+](C)(C)C)OC(=O)CCCCCCC/C=C\CCCCCCCC. The zero-order valence-corrected chi connectivity index (χ0v) is 36.1. The van der Waals surface area contributed by atoms with Gasteiger partial charge < -0.3 is 27.9 Å². The van der Waals surface area contributed by atoms with Gasteiger partial charge in [0.1, 0.15) is 19.8 Å². The first kappa shape index (κ1) is 51.6. The molecule has 0 N–H and O–H groups in total. The summed E-state index contributed by atoms with van der Waals surface area (Å²) in [6.07, 6.45) is 43.9. The Morgan fingerprint density at radius 2 is 1.00 bits per heavy atom. The van der Waals surface area contributed by atoms with Crippen LogP contribution in [-0.4, -0.2) is 64.1 Å². The van der Waals surface area contributed by atoms with Crippen molar-refractivity contribution in [1.29, 1.82) is 0 Å². The van der Waals surface area contributed by atoms with Crippen LogP contribution in [0.25, 0.3) is 0 Å². The molecule has 0 amide bonds. The molecule has 1 unspecified atom stereocenters. The molecule has 0 aromatic carbocycles. The standard InChI is InChI=1S/C44H84NO7P/c1-6-8-10-12-14-16-18-20-22-24-26-28-30-32-34-36-39-49-41-43(42-51-53(47,48)50-40-38-45(3,4)5)52-44(46)37-35-33-31-29-27-25-23-21-19-17-15-13-11-9-7-2/h20-23,36,39,43H,6-19,24-35,37-38,40-42H2,1-5H3/b22-20-,23-21-,39-36-/t43-/m1/s1. The van der Waals surface area contributed by atoms with Gasteiger partial charge in [0.2, 0.25) is 0 Å². The number of likely N-dealkylation sites (N-methyl/N-ethyl adjacent to an activating group) is 1. The van der Waals surface area contributed by atoms with Gasteiger partial charge in [-0.25, -0.2) is 0 Å². The zero-order valence-electron chi connectivity index (χ0n) is 35.2. The van der Waals surface area contributed by atoms with Crippen molar-refractivity contribution in [2.75, 3.05) is 47.5 Å². The van der Waals surface area contributed by atoms with E-state index in [0.717, 1.165) is 51.4 Å². The first-order valence-corrected chi connectivity index (χ1v) is 23.2. The summed E-state index contributed by atoms with van der Waals surface area (Å²) in [7, 11) is 1.31. The summed E-state index contributed by atoms with van der Waals surface area (Å²) in [5.41, 5.74) is 0. The molecule has 2 atom stereocenters. The quantitative estimate of drug-likeness (QED) is 0.0153. The highest BCUT2D eigenvalue weighted by atomic mass is 31.2. The molecule has 0 fully saturated rings. The molecule has 0 aromatic rings. The Balaban J connectivity index is 4.33. The summed E-state index contributed by atoms with van der Waals surface area (Å²) in [5, 5.41) is 0. The monoisotopic (exact) mass is 770 g/mol. The third-order valence-electron chi connectivity index (χ3n) is 9.23. The lowest BCUT2D eigenvalue weighted by Crippen LogP contribution is -2.37. The highest BCUT2D eigenvalue weighted by Gasteiger charge is 2.20. The van der Waals surface area contributed by atoms with Crippen molar-refractivity contribution in [3.8, 4) is 0 Å². The van der Waals surface area contributed by atoms with E-state index in [2.05, 4.69) is 38.2 Å². The fraction of sp³-hybridized carbons (Fsp3) is 0.841. The second-order valence-electron chi connectivity index (χ2n) is 15.8. The lowest BCUT2D eigenvalue weighted by molar-refractivity contribution is -0.870. The van der Waals surface area contributed by atoms with Crippen LogP contribution in [0.2, 0.25) is 0 Å². The third kappa shape index (κ3) is 41.6. The average Bonchev–Trinajstić information content (AvgIpc) is 3.11. The van der Waals surface area contributed by atoms with Crippen molar-refractivity contribution < 1.29 is 37.3 Å². The van der Waals surface area contributed by atoms with Crippen LogP contribution in [-0.2, 0) is 27.9 Å². The summed E-state index contributed by atoms with van der Waals surface area (Å²) in [6, 6.07) is 0. The largest absolute Gasteiger partial charge is 0.756 e. The van der Waals surface area contributed by atoms with E-state index in [1.165, 1.54) is 116 Å². The van der Waals surface area contributed by atoms with E-state index >= 15 is 0 Å². The first-order chi connectivity index (χ1) is 25.6. The lowest BCUT2D eigenvalue weighted by Gasteiger charge is -2.28. The van der Waals surface area contributed by atoms with Gasteiger partial charge in [0.05, 0.1) is 34.0 Å². The number of hydrogen-bond donors (Lipinski definition) is 0. The molecule has 0 aliphatic rings.